The van der Waals surface area contributed by atoms with E-state index in [9.17, 15) is 13.2 Å². The molecule has 1 saturated heterocycles. The fourth-order valence-electron chi connectivity index (χ4n) is 3.33. The number of nitrogens with zero attached hydrogens (tertiary/aromatic N) is 1. The Labute approximate surface area is 170 Å². The van der Waals surface area contributed by atoms with E-state index < -0.39 is 10.0 Å². The van der Waals surface area contributed by atoms with Gasteiger partial charge in [0, 0.05) is 30.9 Å². The number of nitrogens with one attached hydrogen (secondary N) is 2. The number of piperidine rings is 1. The molecule has 1 fully saturated rings. The first-order chi connectivity index (χ1) is 13.3. The number of rotatable bonds is 6. The summed E-state index contributed by atoms with van der Waals surface area (Å²) in [6.45, 7) is 2.45. The summed E-state index contributed by atoms with van der Waals surface area (Å²) in [5, 5.41) is 3.15. The van der Waals surface area contributed by atoms with E-state index in [1.807, 2.05) is 18.2 Å². The van der Waals surface area contributed by atoms with Gasteiger partial charge in [-0.25, -0.2) is 8.42 Å². The van der Waals surface area contributed by atoms with Gasteiger partial charge in [0.1, 0.15) is 0 Å². The van der Waals surface area contributed by atoms with Crippen LogP contribution < -0.4 is 14.9 Å². The van der Waals surface area contributed by atoms with Crippen molar-refractivity contribution in [3.05, 3.63) is 58.6 Å². The van der Waals surface area contributed by atoms with Gasteiger partial charge in [0.2, 0.25) is 10.0 Å². The molecule has 1 heterocycles. The summed E-state index contributed by atoms with van der Waals surface area (Å²) >= 11 is 6.02. The van der Waals surface area contributed by atoms with Gasteiger partial charge in [-0.2, -0.15) is 0 Å². The zero-order chi connectivity index (χ0) is 20.1. The molecule has 2 aromatic carbocycles. The van der Waals surface area contributed by atoms with Crippen LogP contribution in [0.2, 0.25) is 5.02 Å². The van der Waals surface area contributed by atoms with Crippen molar-refractivity contribution < 1.29 is 13.2 Å². The van der Waals surface area contributed by atoms with Crippen LogP contribution in [0, 0.1) is 0 Å². The Balaban J connectivity index is 1.72. The number of carbonyl (C=O) groups is 1. The predicted molar refractivity (Wildman–Crippen MR) is 114 cm³/mol. The van der Waals surface area contributed by atoms with Crippen molar-refractivity contribution in [2.45, 2.75) is 25.8 Å². The van der Waals surface area contributed by atoms with Gasteiger partial charge in [0.25, 0.3) is 5.91 Å². The molecule has 1 aliphatic rings. The van der Waals surface area contributed by atoms with Crippen LogP contribution in [0.15, 0.2) is 42.5 Å². The number of sulfonamides is 1. The van der Waals surface area contributed by atoms with Crippen molar-refractivity contribution in [1.82, 2.24) is 5.32 Å². The lowest BCUT2D eigenvalue weighted by molar-refractivity contribution is 0.0951. The summed E-state index contributed by atoms with van der Waals surface area (Å²) in [5.41, 5.74) is 2.73. The second-order valence-corrected chi connectivity index (χ2v) is 9.08. The highest BCUT2D eigenvalue weighted by atomic mass is 35.5. The first-order valence-corrected chi connectivity index (χ1v) is 11.5. The van der Waals surface area contributed by atoms with E-state index >= 15 is 0 Å². The number of hydrogen-bond acceptors (Lipinski definition) is 4. The average Bonchev–Trinajstić information content (AvgIpc) is 2.67. The molecule has 2 aromatic rings. The van der Waals surface area contributed by atoms with Crippen molar-refractivity contribution >= 4 is 38.9 Å². The van der Waals surface area contributed by atoms with Gasteiger partial charge in [0.05, 0.1) is 17.0 Å². The van der Waals surface area contributed by atoms with E-state index in [1.54, 1.807) is 6.07 Å². The minimum atomic E-state index is -3.49. The number of hydrogen-bond donors (Lipinski definition) is 2. The van der Waals surface area contributed by atoms with E-state index in [-0.39, 0.29) is 16.6 Å². The van der Waals surface area contributed by atoms with Gasteiger partial charge in [-0.05, 0) is 49.1 Å². The average molecular weight is 422 g/mol. The summed E-state index contributed by atoms with van der Waals surface area (Å²) in [7, 11) is -3.49. The van der Waals surface area contributed by atoms with Crippen molar-refractivity contribution in [3.8, 4) is 0 Å². The molecule has 0 aromatic heterocycles. The third-order valence-corrected chi connectivity index (χ3v) is 5.57. The van der Waals surface area contributed by atoms with Crippen molar-refractivity contribution in [1.29, 1.82) is 0 Å². The van der Waals surface area contributed by atoms with E-state index in [2.05, 4.69) is 21.0 Å². The lowest BCUT2D eigenvalue weighted by Gasteiger charge is -2.30. The topological polar surface area (TPSA) is 78.5 Å². The smallest absolute Gasteiger partial charge is 0.251 e. The van der Waals surface area contributed by atoms with Gasteiger partial charge in [-0.1, -0.05) is 29.8 Å². The zero-order valence-corrected chi connectivity index (χ0v) is 17.3. The Hall–Kier alpha value is -2.25. The van der Waals surface area contributed by atoms with Crippen molar-refractivity contribution in [3.63, 3.8) is 0 Å². The van der Waals surface area contributed by atoms with Gasteiger partial charge in [0.15, 0.2) is 0 Å². The molecule has 0 unspecified atom stereocenters. The lowest BCUT2D eigenvalue weighted by atomic mass is 10.1. The Morgan fingerprint density at radius 1 is 1.11 bits per heavy atom. The molecule has 1 aliphatic heterocycles. The number of para-hydroxylation sites is 1. The Morgan fingerprint density at radius 2 is 1.82 bits per heavy atom. The second kappa shape index (κ2) is 8.84. The minimum absolute atomic E-state index is 0.186. The number of amides is 1. The SMILES string of the molecule is CS(=O)(=O)Nc1cc(C(=O)NCc2ccccc2N2CCCCC2)ccc1Cl. The number of carbonyl (C=O) groups excluding carboxylic acids is 1. The Bertz CT molecular complexity index is 957. The third kappa shape index (κ3) is 5.39. The van der Waals surface area contributed by atoms with Crippen LogP contribution >= 0.6 is 11.6 Å². The third-order valence-electron chi connectivity index (χ3n) is 4.65. The van der Waals surface area contributed by atoms with E-state index in [0.717, 1.165) is 30.6 Å². The molecule has 2 N–H and O–H groups in total. The van der Waals surface area contributed by atoms with Crippen LogP contribution in [0.25, 0.3) is 0 Å². The zero-order valence-electron chi connectivity index (χ0n) is 15.7. The summed E-state index contributed by atoms with van der Waals surface area (Å²) in [5.74, 6) is -0.290. The van der Waals surface area contributed by atoms with E-state index in [4.69, 9.17) is 11.6 Å². The lowest BCUT2D eigenvalue weighted by Crippen LogP contribution is -2.31. The molecular weight excluding hydrogens is 398 g/mol. The van der Waals surface area contributed by atoms with Crippen molar-refractivity contribution in [2.24, 2.45) is 0 Å². The first kappa shape index (κ1) is 20.5. The summed E-state index contributed by atoms with van der Waals surface area (Å²) < 4.78 is 25.2. The van der Waals surface area contributed by atoms with E-state index in [0.29, 0.717) is 12.1 Å². The largest absolute Gasteiger partial charge is 0.371 e. The van der Waals surface area contributed by atoms with Crippen LogP contribution in [-0.2, 0) is 16.6 Å². The molecule has 150 valence electrons. The summed E-state index contributed by atoms with van der Waals surface area (Å²) in [6, 6.07) is 12.6. The fraction of sp³-hybridized carbons (Fsp3) is 0.350. The van der Waals surface area contributed by atoms with Crippen molar-refractivity contribution in [2.75, 3.05) is 29.0 Å². The standard InChI is InChI=1S/C20H24ClN3O3S/c1-28(26,27)23-18-13-15(9-10-17(18)21)20(25)22-14-16-7-3-4-8-19(16)24-11-5-2-6-12-24/h3-4,7-10,13,23H,2,5-6,11-12,14H2,1H3,(H,22,25). The number of anilines is 2. The molecule has 0 spiro atoms. The van der Waals surface area contributed by atoms with Crippen LogP contribution in [0.3, 0.4) is 0 Å². The monoisotopic (exact) mass is 421 g/mol. The summed E-state index contributed by atoms with van der Waals surface area (Å²) in [6.07, 6.45) is 4.66. The van der Waals surface area contributed by atoms with Crippen LogP contribution in [-0.4, -0.2) is 33.7 Å². The van der Waals surface area contributed by atoms with Crippen LogP contribution in [0.1, 0.15) is 35.2 Å². The number of benzene rings is 2. The molecule has 0 aliphatic carbocycles. The molecule has 8 heteroatoms. The van der Waals surface area contributed by atoms with Crippen LogP contribution in [0.5, 0.6) is 0 Å². The fourth-order valence-corrected chi connectivity index (χ4v) is 4.11. The molecule has 6 nitrogen and oxygen atoms in total. The van der Waals surface area contributed by atoms with Gasteiger partial charge < -0.3 is 10.2 Å². The van der Waals surface area contributed by atoms with Gasteiger partial charge >= 0.3 is 0 Å². The van der Waals surface area contributed by atoms with E-state index in [1.165, 1.54) is 31.4 Å². The molecule has 0 saturated carbocycles. The molecule has 1 amide bonds. The first-order valence-electron chi connectivity index (χ1n) is 9.22. The highest BCUT2D eigenvalue weighted by Gasteiger charge is 2.16. The molecule has 3 rings (SSSR count). The second-order valence-electron chi connectivity index (χ2n) is 6.93. The molecular formula is C20H24ClN3O3S. The van der Waals surface area contributed by atoms with Gasteiger partial charge in [-0.15, -0.1) is 0 Å². The maximum Gasteiger partial charge on any atom is 0.251 e. The number of halogens is 1. The quantitative estimate of drug-likeness (QED) is 0.746. The van der Waals surface area contributed by atoms with Crippen LogP contribution in [0.4, 0.5) is 11.4 Å². The minimum Gasteiger partial charge on any atom is -0.371 e. The highest BCUT2D eigenvalue weighted by Crippen LogP contribution is 2.25. The molecule has 28 heavy (non-hydrogen) atoms. The predicted octanol–water partition coefficient (Wildman–Crippen LogP) is 3.63. The molecule has 0 atom stereocenters. The highest BCUT2D eigenvalue weighted by molar-refractivity contribution is 7.92. The maximum absolute atomic E-state index is 12.6. The molecule has 0 bridgehead atoms. The van der Waals surface area contributed by atoms with Gasteiger partial charge in [-0.3, -0.25) is 9.52 Å². The Morgan fingerprint density at radius 3 is 2.54 bits per heavy atom. The molecule has 0 radical (unpaired) electrons. The summed E-state index contributed by atoms with van der Waals surface area (Å²) in [4.78, 5) is 15.0. The maximum atomic E-state index is 12.6. The Kier molecular flexibility index (Phi) is 6.46. The normalized spacial score (nSPS) is 14.6.